The number of nitrogens with zero attached hydrogens (tertiary/aromatic N) is 2. The van der Waals surface area contributed by atoms with Gasteiger partial charge in [-0.15, -0.1) is 0 Å². The molecule has 1 aromatic heterocycles. The molecule has 2 N–H and O–H groups in total. The fourth-order valence-electron chi connectivity index (χ4n) is 1.80. The van der Waals surface area contributed by atoms with E-state index >= 15 is 0 Å². The Labute approximate surface area is 139 Å². The Hall–Kier alpha value is -3.22. The van der Waals surface area contributed by atoms with E-state index in [4.69, 9.17) is 4.74 Å². The molecule has 7 heteroatoms. The molecule has 0 radical (unpaired) electrons. The van der Waals surface area contributed by atoms with E-state index in [-0.39, 0.29) is 12.5 Å². The van der Waals surface area contributed by atoms with E-state index < -0.39 is 5.91 Å². The molecule has 0 fully saturated rings. The summed E-state index contributed by atoms with van der Waals surface area (Å²) in [6.07, 6.45) is 4.74. The first-order valence-corrected chi connectivity index (χ1v) is 7.42. The van der Waals surface area contributed by atoms with Crippen molar-refractivity contribution in [2.45, 2.75) is 6.92 Å². The minimum Gasteiger partial charge on any atom is -0.494 e. The Morgan fingerprint density at radius 3 is 2.54 bits per heavy atom. The summed E-state index contributed by atoms with van der Waals surface area (Å²) in [7, 11) is 0. The molecule has 1 heterocycles. The smallest absolute Gasteiger partial charge is 0.259 e. The highest BCUT2D eigenvalue weighted by Gasteiger charge is 2.07. The number of hydrogen-bond donors (Lipinski definition) is 2. The zero-order chi connectivity index (χ0) is 17.2. The second-order valence-corrected chi connectivity index (χ2v) is 4.71. The number of nitrogens with one attached hydrogen (secondary N) is 2. The molecule has 2 rings (SSSR count). The lowest BCUT2D eigenvalue weighted by atomic mass is 10.2. The molecule has 7 nitrogen and oxygen atoms in total. The largest absolute Gasteiger partial charge is 0.494 e. The number of benzene rings is 1. The minimum atomic E-state index is -0.417. The predicted octanol–water partition coefficient (Wildman–Crippen LogP) is 1.36. The number of pyridine rings is 1. The fraction of sp³-hybridized carbons (Fsp3) is 0.176. The lowest BCUT2D eigenvalue weighted by Gasteiger charge is -2.06. The summed E-state index contributed by atoms with van der Waals surface area (Å²) < 4.78 is 5.30. The van der Waals surface area contributed by atoms with Crippen molar-refractivity contribution in [2.24, 2.45) is 5.10 Å². The summed E-state index contributed by atoms with van der Waals surface area (Å²) in [5.74, 6) is -0.0665. The van der Waals surface area contributed by atoms with Crippen LogP contribution in [0.2, 0.25) is 0 Å². The van der Waals surface area contributed by atoms with Crippen molar-refractivity contribution in [1.82, 2.24) is 15.7 Å². The maximum absolute atomic E-state index is 11.9. The lowest BCUT2D eigenvalue weighted by Crippen LogP contribution is -2.34. The van der Waals surface area contributed by atoms with E-state index in [1.165, 1.54) is 6.21 Å². The molecule has 0 spiro atoms. The molecule has 2 aromatic rings. The highest BCUT2D eigenvalue weighted by atomic mass is 16.5. The minimum absolute atomic E-state index is 0.167. The first kappa shape index (κ1) is 17.1. The molecule has 0 saturated carbocycles. The van der Waals surface area contributed by atoms with E-state index in [1.54, 1.807) is 48.8 Å². The van der Waals surface area contributed by atoms with Crippen LogP contribution in [0.15, 0.2) is 53.9 Å². The number of hydrazone groups is 1. The standard InChI is InChI=1S/C17H18N4O3/c1-2-24-15-5-3-14(4-6-15)17(23)19-12-16(22)21-20-11-13-7-9-18-10-8-13/h3-11H,2,12H2,1H3,(H,19,23)(H,21,22)/b20-11-. The van der Waals surface area contributed by atoms with Crippen molar-refractivity contribution in [3.63, 3.8) is 0 Å². The molecule has 0 saturated heterocycles. The van der Waals surface area contributed by atoms with Gasteiger partial charge in [0.15, 0.2) is 0 Å². The number of carbonyl (C=O) groups is 2. The van der Waals surface area contributed by atoms with E-state index in [9.17, 15) is 9.59 Å². The fourth-order valence-corrected chi connectivity index (χ4v) is 1.80. The van der Waals surface area contributed by atoms with Crippen LogP contribution in [-0.4, -0.2) is 36.2 Å². The molecule has 0 unspecified atom stereocenters. The Bertz CT molecular complexity index is 700. The summed E-state index contributed by atoms with van der Waals surface area (Å²) in [6, 6.07) is 10.2. The second-order valence-electron chi connectivity index (χ2n) is 4.71. The Balaban J connectivity index is 1.76. The van der Waals surface area contributed by atoms with Crippen LogP contribution in [0, 0.1) is 0 Å². The summed E-state index contributed by atoms with van der Waals surface area (Å²) in [4.78, 5) is 27.5. The Morgan fingerprint density at radius 2 is 1.88 bits per heavy atom. The van der Waals surface area contributed by atoms with Gasteiger partial charge >= 0.3 is 0 Å². The quantitative estimate of drug-likeness (QED) is 0.593. The van der Waals surface area contributed by atoms with Crippen LogP contribution in [0.25, 0.3) is 0 Å². The number of aromatic nitrogens is 1. The summed E-state index contributed by atoms with van der Waals surface area (Å²) >= 11 is 0. The third kappa shape index (κ3) is 5.53. The molecular weight excluding hydrogens is 308 g/mol. The van der Waals surface area contributed by atoms with Crippen LogP contribution in [0.5, 0.6) is 5.75 Å². The van der Waals surface area contributed by atoms with E-state index in [0.29, 0.717) is 17.9 Å². The number of amides is 2. The predicted molar refractivity (Wildman–Crippen MR) is 89.9 cm³/mol. The summed E-state index contributed by atoms with van der Waals surface area (Å²) in [5, 5.41) is 6.33. The van der Waals surface area contributed by atoms with Crippen LogP contribution in [-0.2, 0) is 4.79 Å². The first-order chi connectivity index (χ1) is 11.7. The van der Waals surface area contributed by atoms with Crippen LogP contribution in [0.1, 0.15) is 22.8 Å². The molecule has 0 aliphatic rings. The zero-order valence-electron chi connectivity index (χ0n) is 13.2. The van der Waals surface area contributed by atoms with Crippen molar-refractivity contribution in [2.75, 3.05) is 13.2 Å². The van der Waals surface area contributed by atoms with Gasteiger partial charge in [0.25, 0.3) is 11.8 Å². The number of carbonyl (C=O) groups excluding carboxylic acids is 2. The van der Waals surface area contributed by atoms with Gasteiger partial charge in [-0.3, -0.25) is 14.6 Å². The van der Waals surface area contributed by atoms with E-state index in [2.05, 4.69) is 20.8 Å². The molecule has 1 aromatic carbocycles. The van der Waals surface area contributed by atoms with Gasteiger partial charge in [-0.25, -0.2) is 5.43 Å². The van der Waals surface area contributed by atoms with Crippen LogP contribution in [0.3, 0.4) is 0 Å². The van der Waals surface area contributed by atoms with Crippen LogP contribution < -0.4 is 15.5 Å². The SMILES string of the molecule is CCOc1ccc(C(=O)NCC(=O)N/N=C\c2ccncc2)cc1. The molecule has 24 heavy (non-hydrogen) atoms. The highest BCUT2D eigenvalue weighted by molar-refractivity contribution is 5.96. The number of ether oxygens (including phenoxy) is 1. The molecular formula is C17H18N4O3. The average Bonchev–Trinajstić information content (AvgIpc) is 2.61. The van der Waals surface area contributed by atoms with E-state index in [0.717, 1.165) is 5.56 Å². The van der Waals surface area contributed by atoms with Gasteiger partial charge in [0, 0.05) is 18.0 Å². The van der Waals surface area contributed by atoms with Crippen molar-refractivity contribution in [1.29, 1.82) is 0 Å². The topological polar surface area (TPSA) is 92.7 Å². The van der Waals surface area contributed by atoms with Crippen molar-refractivity contribution in [3.8, 4) is 5.75 Å². The molecule has 124 valence electrons. The van der Waals surface area contributed by atoms with Gasteiger partial charge in [0.05, 0.1) is 19.4 Å². The van der Waals surface area contributed by atoms with Crippen LogP contribution in [0.4, 0.5) is 0 Å². The summed E-state index contributed by atoms with van der Waals surface area (Å²) in [5.41, 5.74) is 3.60. The molecule has 0 atom stereocenters. The maximum Gasteiger partial charge on any atom is 0.259 e. The number of rotatable bonds is 7. The van der Waals surface area contributed by atoms with Gasteiger partial charge < -0.3 is 10.1 Å². The zero-order valence-corrected chi connectivity index (χ0v) is 13.2. The van der Waals surface area contributed by atoms with Crippen molar-refractivity contribution < 1.29 is 14.3 Å². The van der Waals surface area contributed by atoms with Gasteiger partial charge in [0.2, 0.25) is 0 Å². The molecule has 0 bridgehead atoms. The monoisotopic (exact) mass is 326 g/mol. The second kappa shape index (κ2) is 9.04. The van der Waals surface area contributed by atoms with Gasteiger partial charge in [-0.05, 0) is 48.9 Å². The third-order valence-electron chi connectivity index (χ3n) is 2.95. The summed E-state index contributed by atoms with van der Waals surface area (Å²) in [6.45, 7) is 2.28. The number of hydrogen-bond acceptors (Lipinski definition) is 5. The first-order valence-electron chi connectivity index (χ1n) is 7.42. The van der Waals surface area contributed by atoms with Gasteiger partial charge in [-0.1, -0.05) is 0 Å². The van der Waals surface area contributed by atoms with E-state index in [1.807, 2.05) is 6.92 Å². The Morgan fingerprint density at radius 1 is 1.17 bits per heavy atom. The van der Waals surface area contributed by atoms with Gasteiger partial charge in [0.1, 0.15) is 5.75 Å². The van der Waals surface area contributed by atoms with Crippen LogP contribution >= 0.6 is 0 Å². The molecule has 2 amide bonds. The highest BCUT2D eigenvalue weighted by Crippen LogP contribution is 2.11. The Kier molecular flexibility index (Phi) is 6.46. The van der Waals surface area contributed by atoms with Gasteiger partial charge in [-0.2, -0.15) is 5.10 Å². The molecule has 0 aliphatic carbocycles. The lowest BCUT2D eigenvalue weighted by molar-refractivity contribution is -0.120. The normalized spacial score (nSPS) is 10.4. The third-order valence-corrected chi connectivity index (χ3v) is 2.95. The average molecular weight is 326 g/mol. The van der Waals surface area contributed by atoms with Crippen molar-refractivity contribution >= 4 is 18.0 Å². The maximum atomic E-state index is 11.9. The van der Waals surface area contributed by atoms with Crippen molar-refractivity contribution in [3.05, 3.63) is 59.9 Å². The molecule has 0 aliphatic heterocycles.